The molecule has 2 N–H and O–H groups in total. The average molecular weight is 259 g/mol. The summed E-state index contributed by atoms with van der Waals surface area (Å²) in [4.78, 5) is 0. The molecule has 0 spiro atoms. The highest BCUT2D eigenvalue weighted by molar-refractivity contribution is 14.1. The molecule has 0 saturated heterocycles. The van der Waals surface area contributed by atoms with E-state index in [9.17, 15) is 0 Å². The van der Waals surface area contributed by atoms with Crippen LogP contribution in [0.4, 0.5) is 0 Å². The van der Waals surface area contributed by atoms with Gasteiger partial charge >= 0.3 is 0 Å². The number of halogens is 1. The van der Waals surface area contributed by atoms with Gasteiger partial charge in [-0.15, -0.1) is 6.58 Å². The van der Waals surface area contributed by atoms with Crippen molar-refractivity contribution in [1.29, 1.82) is 0 Å². The van der Waals surface area contributed by atoms with E-state index in [0.29, 0.717) is 0 Å². The molecular weight excluding hydrogens is 249 g/mol. The van der Waals surface area contributed by atoms with Crippen LogP contribution in [-0.2, 0) is 0 Å². The molecule has 0 unspecified atom stereocenters. The fourth-order valence-electron chi connectivity index (χ4n) is 0.872. The van der Waals surface area contributed by atoms with Crippen molar-refractivity contribution >= 4 is 22.6 Å². The molecule has 0 aliphatic carbocycles. The van der Waals surface area contributed by atoms with Gasteiger partial charge in [-0.2, -0.15) is 0 Å². The quantitative estimate of drug-likeness (QED) is 0.640. The predicted octanol–water partition coefficient (Wildman–Crippen LogP) is 2.48. The molecule has 0 heterocycles. The lowest BCUT2D eigenvalue weighted by molar-refractivity contribution is 0.907. The first-order chi connectivity index (χ1) is 5.25. The van der Waals surface area contributed by atoms with Gasteiger partial charge in [-0.3, -0.25) is 0 Å². The molecule has 0 radical (unpaired) electrons. The SMILES string of the molecule is C=C[C@@H](N)c1ccccc1I. The Morgan fingerprint density at radius 2 is 2.09 bits per heavy atom. The maximum absolute atomic E-state index is 5.77. The smallest absolute Gasteiger partial charge is 0.0489 e. The van der Waals surface area contributed by atoms with Gasteiger partial charge in [-0.05, 0) is 34.2 Å². The lowest BCUT2D eigenvalue weighted by Crippen LogP contribution is -2.07. The molecule has 0 aromatic heterocycles. The fraction of sp³-hybridized carbons (Fsp3) is 0.111. The van der Waals surface area contributed by atoms with E-state index in [2.05, 4.69) is 29.2 Å². The molecule has 58 valence electrons. The Balaban J connectivity index is 3.02. The van der Waals surface area contributed by atoms with Gasteiger partial charge < -0.3 is 5.73 Å². The minimum Gasteiger partial charge on any atom is -0.321 e. The van der Waals surface area contributed by atoms with Crippen LogP contribution in [0, 0.1) is 3.57 Å². The molecule has 1 nitrogen and oxygen atoms in total. The second-order valence-electron chi connectivity index (χ2n) is 2.28. The maximum Gasteiger partial charge on any atom is 0.0489 e. The molecular formula is C9H10IN. The Hall–Kier alpha value is -0.350. The zero-order valence-corrected chi connectivity index (χ0v) is 8.28. The highest BCUT2D eigenvalue weighted by Crippen LogP contribution is 2.17. The number of hydrogen-bond donors (Lipinski definition) is 1. The minimum absolute atomic E-state index is 0.0388. The second kappa shape index (κ2) is 3.88. The molecule has 0 aliphatic heterocycles. The van der Waals surface area contributed by atoms with Gasteiger partial charge in [0, 0.05) is 9.61 Å². The first kappa shape index (κ1) is 8.74. The van der Waals surface area contributed by atoms with Crippen LogP contribution in [0.2, 0.25) is 0 Å². The summed E-state index contributed by atoms with van der Waals surface area (Å²) < 4.78 is 1.19. The molecule has 0 aliphatic rings. The average Bonchev–Trinajstić information content (AvgIpc) is 2.04. The Bertz CT molecular complexity index is 257. The summed E-state index contributed by atoms with van der Waals surface area (Å²) >= 11 is 2.27. The highest BCUT2D eigenvalue weighted by atomic mass is 127. The van der Waals surface area contributed by atoms with Crippen LogP contribution in [0.5, 0.6) is 0 Å². The standard InChI is InChI=1S/C9H10IN/c1-2-9(11)7-5-3-4-6-8(7)10/h2-6,9H,1,11H2/t9-/m1/s1. The molecule has 0 fully saturated rings. The van der Waals surface area contributed by atoms with Gasteiger partial charge in [0.25, 0.3) is 0 Å². The Kier molecular flexibility index (Phi) is 3.08. The van der Waals surface area contributed by atoms with E-state index in [1.165, 1.54) is 3.57 Å². The van der Waals surface area contributed by atoms with Gasteiger partial charge in [0.1, 0.15) is 0 Å². The van der Waals surface area contributed by atoms with E-state index >= 15 is 0 Å². The van der Waals surface area contributed by atoms with E-state index in [4.69, 9.17) is 5.73 Å². The van der Waals surface area contributed by atoms with Crippen LogP contribution in [0.25, 0.3) is 0 Å². The van der Waals surface area contributed by atoms with Crippen LogP contribution < -0.4 is 5.73 Å². The molecule has 11 heavy (non-hydrogen) atoms. The van der Waals surface area contributed by atoms with E-state index in [1.54, 1.807) is 6.08 Å². The molecule has 2 heteroatoms. The minimum atomic E-state index is -0.0388. The number of hydrogen-bond acceptors (Lipinski definition) is 1. The van der Waals surface area contributed by atoms with Crippen molar-refractivity contribution in [3.05, 3.63) is 46.1 Å². The van der Waals surface area contributed by atoms with E-state index in [0.717, 1.165) is 5.56 Å². The lowest BCUT2D eigenvalue weighted by atomic mass is 10.1. The van der Waals surface area contributed by atoms with E-state index < -0.39 is 0 Å². The van der Waals surface area contributed by atoms with E-state index in [1.807, 2.05) is 24.3 Å². The van der Waals surface area contributed by atoms with Crippen molar-refractivity contribution in [3.8, 4) is 0 Å². The third-order valence-electron chi connectivity index (χ3n) is 1.52. The summed E-state index contributed by atoms with van der Waals surface area (Å²) in [6, 6.07) is 8.01. The summed E-state index contributed by atoms with van der Waals surface area (Å²) in [5, 5.41) is 0. The lowest BCUT2D eigenvalue weighted by Gasteiger charge is -2.07. The summed E-state index contributed by atoms with van der Waals surface area (Å²) in [5.74, 6) is 0. The molecule has 0 saturated carbocycles. The van der Waals surface area contributed by atoms with Crippen LogP contribution in [0.3, 0.4) is 0 Å². The van der Waals surface area contributed by atoms with Crippen molar-refractivity contribution in [2.75, 3.05) is 0 Å². The Morgan fingerprint density at radius 3 is 2.64 bits per heavy atom. The van der Waals surface area contributed by atoms with Gasteiger partial charge in [-0.25, -0.2) is 0 Å². The summed E-state index contributed by atoms with van der Waals surface area (Å²) in [7, 11) is 0. The number of rotatable bonds is 2. The van der Waals surface area contributed by atoms with Gasteiger partial charge in [-0.1, -0.05) is 24.3 Å². The van der Waals surface area contributed by atoms with Crippen molar-refractivity contribution in [3.63, 3.8) is 0 Å². The summed E-state index contributed by atoms with van der Waals surface area (Å²) in [6.45, 7) is 3.65. The first-order valence-electron chi connectivity index (χ1n) is 3.38. The highest BCUT2D eigenvalue weighted by Gasteiger charge is 2.03. The maximum atomic E-state index is 5.77. The number of benzene rings is 1. The van der Waals surface area contributed by atoms with Crippen molar-refractivity contribution in [2.24, 2.45) is 5.73 Å². The molecule has 0 amide bonds. The van der Waals surface area contributed by atoms with Gasteiger partial charge in [0.2, 0.25) is 0 Å². The predicted molar refractivity (Wildman–Crippen MR) is 56.3 cm³/mol. The molecule has 1 rings (SSSR count). The zero-order chi connectivity index (χ0) is 8.27. The largest absolute Gasteiger partial charge is 0.321 e. The zero-order valence-electron chi connectivity index (χ0n) is 6.13. The van der Waals surface area contributed by atoms with Crippen molar-refractivity contribution < 1.29 is 0 Å². The topological polar surface area (TPSA) is 26.0 Å². The van der Waals surface area contributed by atoms with Gasteiger partial charge in [0.15, 0.2) is 0 Å². The summed E-state index contributed by atoms with van der Waals surface area (Å²) in [5.41, 5.74) is 6.91. The van der Waals surface area contributed by atoms with Crippen LogP contribution in [0.15, 0.2) is 36.9 Å². The normalized spacial score (nSPS) is 12.5. The van der Waals surface area contributed by atoms with Crippen LogP contribution in [-0.4, -0.2) is 0 Å². The molecule has 1 aromatic carbocycles. The Labute approximate surface area is 80.4 Å². The summed E-state index contributed by atoms with van der Waals surface area (Å²) in [6.07, 6.45) is 1.75. The Morgan fingerprint density at radius 1 is 1.45 bits per heavy atom. The second-order valence-corrected chi connectivity index (χ2v) is 3.45. The van der Waals surface area contributed by atoms with Crippen molar-refractivity contribution in [1.82, 2.24) is 0 Å². The first-order valence-corrected chi connectivity index (χ1v) is 4.46. The fourth-order valence-corrected chi connectivity index (χ4v) is 1.62. The molecule has 1 aromatic rings. The van der Waals surface area contributed by atoms with Crippen LogP contribution >= 0.6 is 22.6 Å². The third-order valence-corrected chi connectivity index (χ3v) is 2.50. The molecule has 1 atom stereocenters. The number of nitrogens with two attached hydrogens (primary N) is 1. The van der Waals surface area contributed by atoms with E-state index in [-0.39, 0.29) is 6.04 Å². The van der Waals surface area contributed by atoms with Gasteiger partial charge in [0.05, 0.1) is 0 Å². The van der Waals surface area contributed by atoms with Crippen molar-refractivity contribution in [2.45, 2.75) is 6.04 Å². The molecule has 0 bridgehead atoms. The monoisotopic (exact) mass is 259 g/mol. The third kappa shape index (κ3) is 2.04. The van der Waals surface area contributed by atoms with Crippen LogP contribution in [0.1, 0.15) is 11.6 Å².